The normalized spacial score (nSPS) is 12.5. The van der Waals surface area contributed by atoms with Gasteiger partial charge in [0.25, 0.3) is 0 Å². The van der Waals surface area contributed by atoms with Crippen molar-refractivity contribution in [3.63, 3.8) is 0 Å². The van der Waals surface area contributed by atoms with Crippen LogP contribution in [0.1, 0.15) is 72.1 Å². The lowest BCUT2D eigenvalue weighted by Crippen LogP contribution is -2.19. The van der Waals surface area contributed by atoms with E-state index in [4.69, 9.17) is 23.7 Å². The van der Waals surface area contributed by atoms with Crippen LogP contribution in [0.25, 0.3) is 17.9 Å². The SMILES string of the molecule is COC(=O)Cc1c2[nH]c(c1C)C(Br)=c1[nH]c(c(C)c1CC(=O)OC)=C(Br)c1[nH]c(c(C(=O)OC)c1CC(=O)OC)C(Br)=c1[nH]c(c(C)c1CC(=O)OC)=C2Br. The van der Waals surface area contributed by atoms with E-state index in [0.29, 0.717) is 89.8 Å². The Labute approximate surface area is 347 Å². The predicted molar refractivity (Wildman–Crippen MR) is 216 cm³/mol. The quantitative estimate of drug-likeness (QED) is 0.143. The summed E-state index contributed by atoms with van der Waals surface area (Å²) in [7, 11) is 6.36. The summed E-state index contributed by atoms with van der Waals surface area (Å²) in [5, 5.41) is 1.96. The van der Waals surface area contributed by atoms with E-state index >= 15 is 0 Å². The summed E-state index contributed by atoms with van der Waals surface area (Å²) < 4.78 is 27.3. The third kappa shape index (κ3) is 7.69. The molecule has 0 radical (unpaired) electrons. The van der Waals surface area contributed by atoms with Crippen molar-refractivity contribution in [1.82, 2.24) is 19.9 Å². The second-order valence-electron chi connectivity index (χ2n) is 12.4. The Morgan fingerprint density at radius 3 is 1.18 bits per heavy atom. The highest BCUT2D eigenvalue weighted by atomic mass is 79.9. The zero-order valence-electron chi connectivity index (χ0n) is 30.9. The molecule has 0 saturated heterocycles. The Kier molecular flexibility index (Phi) is 12.9. The molecule has 292 valence electrons. The fourth-order valence-electron chi connectivity index (χ4n) is 6.54. The van der Waals surface area contributed by atoms with Crippen molar-refractivity contribution in [3.05, 3.63) is 88.7 Å². The number of ether oxygens (including phenoxy) is 5. The van der Waals surface area contributed by atoms with E-state index in [-0.39, 0.29) is 42.5 Å². The number of methoxy groups -OCH3 is 5. The molecule has 5 rings (SSSR count). The minimum Gasteiger partial charge on any atom is -0.469 e. The van der Waals surface area contributed by atoms with Crippen LogP contribution in [0.5, 0.6) is 0 Å². The van der Waals surface area contributed by atoms with Crippen molar-refractivity contribution in [3.8, 4) is 0 Å². The first-order valence-corrected chi connectivity index (χ1v) is 19.6. The third-order valence-electron chi connectivity index (χ3n) is 9.58. The summed E-state index contributed by atoms with van der Waals surface area (Å²) >= 11 is 15.1. The van der Waals surface area contributed by atoms with Crippen LogP contribution in [-0.4, -0.2) is 85.3 Å². The van der Waals surface area contributed by atoms with Crippen LogP contribution in [0.4, 0.5) is 0 Å². The first-order chi connectivity index (χ1) is 26.0. The van der Waals surface area contributed by atoms with E-state index < -0.39 is 29.8 Å². The first-order valence-electron chi connectivity index (χ1n) is 16.4. The van der Waals surface area contributed by atoms with Gasteiger partial charge in [-0.1, -0.05) is 0 Å². The summed E-state index contributed by atoms with van der Waals surface area (Å²) in [4.78, 5) is 79.0. The number of rotatable bonds is 9. The van der Waals surface area contributed by atoms with Crippen molar-refractivity contribution in [2.75, 3.05) is 35.5 Å². The van der Waals surface area contributed by atoms with Gasteiger partial charge in [0.15, 0.2) is 0 Å². The molecule has 5 heterocycles. The number of esters is 5. The van der Waals surface area contributed by atoms with Gasteiger partial charge in [0.2, 0.25) is 0 Å². The lowest BCUT2D eigenvalue weighted by atomic mass is 10.0. The molecule has 14 nitrogen and oxygen atoms in total. The van der Waals surface area contributed by atoms with E-state index in [2.05, 4.69) is 83.7 Å². The van der Waals surface area contributed by atoms with Gasteiger partial charge in [-0.3, -0.25) is 19.2 Å². The molecule has 0 spiro atoms. The van der Waals surface area contributed by atoms with E-state index in [1.165, 1.54) is 35.5 Å². The van der Waals surface area contributed by atoms with Crippen LogP contribution in [-0.2, 0) is 68.5 Å². The van der Waals surface area contributed by atoms with Gasteiger partial charge in [-0.25, -0.2) is 4.79 Å². The molecule has 0 aliphatic carbocycles. The molecule has 18 heteroatoms. The lowest BCUT2D eigenvalue weighted by Gasteiger charge is -2.07. The minimum atomic E-state index is -0.759. The highest BCUT2D eigenvalue weighted by molar-refractivity contribution is 9.15. The number of hydrogen-bond acceptors (Lipinski definition) is 10. The van der Waals surface area contributed by atoms with E-state index in [0.717, 1.165) is 0 Å². The predicted octanol–water partition coefficient (Wildman–Crippen LogP) is 3.09. The van der Waals surface area contributed by atoms with Crippen LogP contribution >= 0.6 is 63.7 Å². The molecule has 8 bridgehead atoms. The van der Waals surface area contributed by atoms with Crippen LogP contribution in [0.3, 0.4) is 0 Å². The molecule has 1 aliphatic rings. The molecule has 1 aliphatic heterocycles. The molecule has 4 N–H and O–H groups in total. The minimum absolute atomic E-state index is 0.0217. The van der Waals surface area contributed by atoms with Crippen molar-refractivity contribution in [2.24, 2.45) is 0 Å². The van der Waals surface area contributed by atoms with Crippen molar-refractivity contribution in [2.45, 2.75) is 46.5 Å². The second kappa shape index (κ2) is 16.9. The number of aromatic amines is 4. The van der Waals surface area contributed by atoms with E-state index in [1.807, 2.05) is 20.8 Å². The standard InChI is InChI=1S/C37H36Br4N4O10/c1-13-16(9-20(46)51-4)32-26(39)30-15(3)18(11-22(48)53-6)34(44-30)28(41)36-24(37(50)55-8)19(12-23(49)54-7)35(45-36)27(40)31-14(2)17(10-21(47)52-5)33(43-31)25(38)29(13)42-32/h42-45H,9-12H2,1-8H3. The highest BCUT2D eigenvalue weighted by Gasteiger charge is 2.31. The molecular formula is C37H36Br4N4O10. The summed E-state index contributed by atoms with van der Waals surface area (Å²) in [6, 6.07) is 0. The monoisotopic (exact) mass is 1010 g/mol. The number of hydrogen-bond donors (Lipinski definition) is 4. The molecule has 0 atom stereocenters. The highest BCUT2D eigenvalue weighted by Crippen LogP contribution is 2.35. The summed E-state index contributed by atoms with van der Waals surface area (Å²) in [6.07, 6.45) is -0.714. The molecule has 55 heavy (non-hydrogen) atoms. The van der Waals surface area contributed by atoms with Crippen molar-refractivity contribution >= 4 is 111 Å². The maximum atomic E-state index is 13.7. The smallest absolute Gasteiger partial charge is 0.340 e. The van der Waals surface area contributed by atoms with Crippen LogP contribution in [0, 0.1) is 20.8 Å². The first kappa shape index (κ1) is 42.0. The molecule has 0 saturated carbocycles. The average molecular weight is 1020 g/mol. The average Bonchev–Trinajstić information content (AvgIpc) is 3.90. The fraction of sp³-hybridized carbons (Fsp3) is 0.324. The summed E-state index contributed by atoms with van der Waals surface area (Å²) in [6.45, 7) is 5.49. The van der Waals surface area contributed by atoms with Crippen molar-refractivity contribution in [1.29, 1.82) is 0 Å². The lowest BCUT2D eigenvalue weighted by molar-refractivity contribution is -0.140. The van der Waals surface area contributed by atoms with Gasteiger partial charge in [-0.15, -0.1) is 0 Å². The maximum absolute atomic E-state index is 13.7. The van der Waals surface area contributed by atoms with Gasteiger partial charge in [0, 0.05) is 5.56 Å². The van der Waals surface area contributed by atoms with E-state index in [9.17, 15) is 24.0 Å². The largest absolute Gasteiger partial charge is 0.469 e. The number of carbonyl (C=O) groups is 5. The van der Waals surface area contributed by atoms with Crippen LogP contribution in [0.15, 0.2) is 0 Å². The fourth-order valence-corrected chi connectivity index (χ4v) is 9.38. The third-order valence-corrected chi connectivity index (χ3v) is 12.8. The Morgan fingerprint density at radius 2 is 0.764 bits per heavy atom. The van der Waals surface area contributed by atoms with Gasteiger partial charge in [-0.05, 0) is 118 Å². The molecule has 0 unspecified atom stereocenters. The van der Waals surface area contributed by atoms with Gasteiger partial charge < -0.3 is 43.6 Å². The van der Waals surface area contributed by atoms with E-state index in [1.54, 1.807) is 0 Å². The van der Waals surface area contributed by atoms with Crippen LogP contribution in [0.2, 0.25) is 0 Å². The Bertz CT molecular complexity index is 2560. The Hall–Kier alpha value is -4.13. The maximum Gasteiger partial charge on any atom is 0.340 e. The van der Waals surface area contributed by atoms with Crippen molar-refractivity contribution < 1.29 is 47.7 Å². The number of aromatic nitrogens is 4. The number of carbonyl (C=O) groups excluding carboxylic acids is 5. The van der Waals surface area contributed by atoms with Gasteiger partial charge in [-0.2, -0.15) is 0 Å². The Balaban J connectivity index is 2.15. The molecule has 4 aromatic rings. The molecular weight excluding hydrogens is 980 g/mol. The second-order valence-corrected chi connectivity index (χ2v) is 15.6. The molecule has 0 amide bonds. The zero-order valence-corrected chi connectivity index (χ0v) is 37.3. The van der Waals surface area contributed by atoms with Gasteiger partial charge in [0.1, 0.15) is 0 Å². The molecule has 0 fully saturated rings. The Morgan fingerprint density at radius 1 is 0.418 bits per heavy atom. The number of H-pyrrole nitrogens is 4. The summed E-state index contributed by atoms with van der Waals surface area (Å²) in [5.74, 6) is -2.89. The van der Waals surface area contributed by atoms with Gasteiger partial charge in [0.05, 0.1) is 129 Å². The van der Waals surface area contributed by atoms with Crippen LogP contribution < -0.4 is 21.4 Å². The topological polar surface area (TPSA) is 195 Å². The molecule has 0 aromatic carbocycles. The molecule has 4 aromatic heterocycles. The zero-order chi connectivity index (χ0) is 40.6. The summed E-state index contributed by atoms with van der Waals surface area (Å²) in [5.41, 5.74) is 5.66. The number of fused-ring (bicyclic) bond motifs is 8. The number of halogens is 4. The number of nitrogens with one attached hydrogen (secondary N) is 4. The van der Waals surface area contributed by atoms with Gasteiger partial charge >= 0.3 is 29.8 Å².